The van der Waals surface area contributed by atoms with Crippen molar-refractivity contribution in [2.24, 2.45) is 9.98 Å². The van der Waals surface area contributed by atoms with Gasteiger partial charge in [-0.05, 0) is 0 Å². The molecule has 0 aliphatic heterocycles. The smallest absolute Gasteiger partial charge is 0.203 e. The molecule has 0 radical (unpaired) electrons. The van der Waals surface area contributed by atoms with Crippen LogP contribution in [0.3, 0.4) is 0 Å². The van der Waals surface area contributed by atoms with Crippen molar-refractivity contribution in [3.8, 4) is 34.5 Å². The number of aliphatic imine (C=N–C) groups is 2. The lowest BCUT2D eigenvalue weighted by atomic mass is 9.99. The van der Waals surface area contributed by atoms with Crippen molar-refractivity contribution in [1.82, 2.24) is 0 Å². The van der Waals surface area contributed by atoms with E-state index in [-0.39, 0.29) is 0 Å². The maximum absolute atomic E-state index is 5.58. The molecule has 206 valence electrons. The number of hydrogen-bond acceptors (Lipinski definition) is 8. The maximum Gasteiger partial charge on any atom is 0.203 e. The second kappa shape index (κ2) is 13.2. The van der Waals surface area contributed by atoms with Gasteiger partial charge in [0.2, 0.25) is 11.5 Å². The molecule has 0 bridgehead atoms. The minimum Gasteiger partial charge on any atom is -0.493 e. The lowest BCUT2D eigenvalue weighted by Gasteiger charge is -2.16. The third-order valence-electron chi connectivity index (χ3n) is 6.10. The molecule has 0 aromatic heterocycles. The molecule has 0 saturated carbocycles. The highest BCUT2D eigenvalue weighted by Crippen LogP contribution is 2.42. The van der Waals surface area contributed by atoms with Crippen LogP contribution in [0.25, 0.3) is 0 Å². The minimum atomic E-state index is 0.486. The van der Waals surface area contributed by atoms with Crippen molar-refractivity contribution in [3.63, 3.8) is 0 Å². The molecule has 0 fully saturated rings. The lowest BCUT2D eigenvalue weighted by Crippen LogP contribution is -2.17. The summed E-state index contributed by atoms with van der Waals surface area (Å²) in [4.78, 5) is 10.2. The Hall–Kier alpha value is -4.98. The molecular weight excluding hydrogens is 508 g/mol. The van der Waals surface area contributed by atoms with E-state index in [4.69, 9.17) is 38.4 Å². The van der Waals surface area contributed by atoms with E-state index in [0.29, 0.717) is 57.3 Å². The van der Waals surface area contributed by atoms with E-state index in [1.54, 1.807) is 66.9 Å². The number of ether oxygens (including phenoxy) is 6. The van der Waals surface area contributed by atoms with Crippen LogP contribution in [0.5, 0.6) is 34.5 Å². The van der Waals surface area contributed by atoms with Crippen LogP contribution < -0.4 is 28.4 Å². The summed E-state index contributed by atoms with van der Waals surface area (Å²) in [6.07, 6.45) is 0. The van der Waals surface area contributed by atoms with Crippen molar-refractivity contribution < 1.29 is 28.4 Å². The highest BCUT2D eigenvalue weighted by atomic mass is 16.5. The largest absolute Gasteiger partial charge is 0.493 e. The van der Waals surface area contributed by atoms with Crippen molar-refractivity contribution in [3.05, 3.63) is 96.1 Å². The Morgan fingerprint density at radius 3 is 0.975 bits per heavy atom. The second-order valence-electron chi connectivity index (χ2n) is 8.42. The molecule has 8 heteroatoms. The van der Waals surface area contributed by atoms with E-state index >= 15 is 0 Å². The van der Waals surface area contributed by atoms with E-state index in [1.807, 2.05) is 60.7 Å². The highest BCUT2D eigenvalue weighted by Gasteiger charge is 2.19. The SMILES string of the molecule is COc1cc(N=C(C(=Nc2cc(OC)c(OC)c(OC)c2)c2ccccc2)c2ccccc2)cc(OC)c1OC. The molecule has 0 spiro atoms. The molecule has 0 atom stereocenters. The van der Waals surface area contributed by atoms with Gasteiger partial charge in [-0.1, -0.05) is 60.7 Å². The first kappa shape index (κ1) is 28.0. The van der Waals surface area contributed by atoms with E-state index in [2.05, 4.69) is 0 Å². The predicted octanol–water partition coefficient (Wildman–Crippen LogP) is 6.68. The summed E-state index contributed by atoms with van der Waals surface area (Å²) in [6, 6.07) is 26.9. The molecule has 4 rings (SSSR count). The lowest BCUT2D eigenvalue weighted by molar-refractivity contribution is 0.324. The molecule has 0 amide bonds. The van der Waals surface area contributed by atoms with Gasteiger partial charge in [-0.3, -0.25) is 0 Å². The Morgan fingerprint density at radius 2 is 0.725 bits per heavy atom. The summed E-state index contributed by atoms with van der Waals surface area (Å²) < 4.78 is 33.3. The van der Waals surface area contributed by atoms with Crippen LogP contribution in [0.4, 0.5) is 11.4 Å². The van der Waals surface area contributed by atoms with Gasteiger partial charge >= 0.3 is 0 Å². The van der Waals surface area contributed by atoms with E-state index < -0.39 is 0 Å². The number of nitrogens with zero attached hydrogens (tertiary/aromatic N) is 2. The normalized spacial score (nSPS) is 11.6. The minimum absolute atomic E-state index is 0.486. The average Bonchev–Trinajstić information content (AvgIpc) is 3.02. The average molecular weight is 541 g/mol. The fourth-order valence-corrected chi connectivity index (χ4v) is 4.22. The monoisotopic (exact) mass is 540 g/mol. The number of methoxy groups -OCH3 is 6. The van der Waals surface area contributed by atoms with Crippen LogP contribution in [0.2, 0.25) is 0 Å². The predicted molar refractivity (Wildman–Crippen MR) is 157 cm³/mol. The zero-order chi connectivity index (χ0) is 28.5. The van der Waals surface area contributed by atoms with Gasteiger partial charge in [0.15, 0.2) is 23.0 Å². The first-order valence-electron chi connectivity index (χ1n) is 12.4. The van der Waals surface area contributed by atoms with Crippen molar-refractivity contribution in [2.45, 2.75) is 0 Å². The van der Waals surface area contributed by atoms with Crippen molar-refractivity contribution in [2.75, 3.05) is 42.7 Å². The summed E-state index contributed by atoms with van der Waals surface area (Å²) in [6.45, 7) is 0. The van der Waals surface area contributed by atoms with Gasteiger partial charge in [0.1, 0.15) is 0 Å². The zero-order valence-corrected chi connectivity index (χ0v) is 23.4. The van der Waals surface area contributed by atoms with Crippen LogP contribution in [-0.2, 0) is 0 Å². The molecule has 40 heavy (non-hydrogen) atoms. The van der Waals surface area contributed by atoms with Gasteiger partial charge in [0, 0.05) is 35.4 Å². The van der Waals surface area contributed by atoms with E-state index in [1.165, 1.54) is 0 Å². The van der Waals surface area contributed by atoms with Crippen molar-refractivity contribution >= 4 is 22.8 Å². The molecule has 8 nitrogen and oxygen atoms in total. The van der Waals surface area contributed by atoms with Crippen molar-refractivity contribution in [1.29, 1.82) is 0 Å². The van der Waals surface area contributed by atoms with Gasteiger partial charge in [0.25, 0.3) is 0 Å². The van der Waals surface area contributed by atoms with Gasteiger partial charge < -0.3 is 28.4 Å². The third-order valence-corrected chi connectivity index (χ3v) is 6.10. The number of rotatable bonds is 11. The molecule has 0 aliphatic rings. The molecule has 0 saturated heterocycles. The Bertz CT molecular complexity index is 1340. The van der Waals surface area contributed by atoms with Gasteiger partial charge in [-0.15, -0.1) is 0 Å². The fraction of sp³-hybridized carbons (Fsp3) is 0.188. The molecule has 0 heterocycles. The topological polar surface area (TPSA) is 80.1 Å². The summed E-state index contributed by atoms with van der Waals surface area (Å²) >= 11 is 0. The fourth-order valence-electron chi connectivity index (χ4n) is 4.22. The number of benzene rings is 4. The Kier molecular flexibility index (Phi) is 9.25. The molecular formula is C32H32N2O6. The second-order valence-corrected chi connectivity index (χ2v) is 8.42. The summed E-state index contributed by atoms with van der Waals surface area (Å²) in [5, 5.41) is 0. The van der Waals surface area contributed by atoms with Gasteiger partial charge in [-0.2, -0.15) is 0 Å². The molecule has 0 unspecified atom stereocenters. The van der Waals surface area contributed by atoms with E-state index in [0.717, 1.165) is 11.1 Å². The standard InChI is InChI=1S/C32H32N2O6/c1-35-25-17-23(18-26(36-2)31(25)39-5)33-29(21-13-9-7-10-14-21)30(22-15-11-8-12-16-22)34-24-19-27(37-3)32(40-6)28(20-24)38-4/h7-20H,1-6H3. The van der Waals surface area contributed by atoms with E-state index in [9.17, 15) is 0 Å². The van der Waals surface area contributed by atoms with Gasteiger partial charge in [-0.25, -0.2) is 9.98 Å². The first-order chi connectivity index (χ1) is 19.6. The Balaban J connectivity index is 2.03. The number of hydrogen-bond donors (Lipinski definition) is 0. The van der Waals surface area contributed by atoms with Crippen LogP contribution >= 0.6 is 0 Å². The van der Waals surface area contributed by atoms with Crippen LogP contribution in [0.1, 0.15) is 11.1 Å². The quantitative estimate of drug-likeness (QED) is 0.198. The summed E-state index contributed by atoms with van der Waals surface area (Å²) in [5.41, 5.74) is 4.20. The summed E-state index contributed by atoms with van der Waals surface area (Å²) in [5.74, 6) is 2.96. The molecule has 0 aliphatic carbocycles. The Morgan fingerprint density at radius 1 is 0.425 bits per heavy atom. The summed E-state index contributed by atoms with van der Waals surface area (Å²) in [7, 11) is 9.43. The highest BCUT2D eigenvalue weighted by molar-refractivity contribution is 6.54. The van der Waals surface area contributed by atoms with Crippen LogP contribution in [-0.4, -0.2) is 54.1 Å². The first-order valence-corrected chi connectivity index (χ1v) is 12.4. The zero-order valence-electron chi connectivity index (χ0n) is 23.4. The molecule has 4 aromatic carbocycles. The van der Waals surface area contributed by atoms with Crippen LogP contribution in [0.15, 0.2) is 94.9 Å². The molecule has 0 N–H and O–H groups in total. The van der Waals surface area contributed by atoms with Gasteiger partial charge in [0.05, 0.1) is 65.5 Å². The van der Waals surface area contributed by atoms with Crippen LogP contribution in [0, 0.1) is 0 Å². The molecule has 4 aromatic rings. The third kappa shape index (κ3) is 6.02. The Labute approximate surface area is 234 Å². The maximum atomic E-state index is 5.58.